The topological polar surface area (TPSA) is 59.6 Å². The minimum absolute atomic E-state index is 0.0708. The first kappa shape index (κ1) is 16.9. The monoisotopic (exact) mass is 326 g/mol. The Morgan fingerprint density at radius 1 is 1.41 bits per heavy atom. The minimum atomic E-state index is -0.154. The van der Waals surface area contributed by atoms with E-state index in [1.54, 1.807) is 7.11 Å². The Balaban J connectivity index is 2.06. The molecule has 0 radical (unpaired) electrons. The van der Waals surface area contributed by atoms with Crippen molar-refractivity contribution in [3.63, 3.8) is 0 Å². The van der Waals surface area contributed by atoms with E-state index >= 15 is 0 Å². The second-order valence-corrected chi connectivity index (χ2v) is 5.67. The maximum absolute atomic E-state index is 11.9. The SMILES string of the molecule is CCOc1c(Cl)cc(CNC2CCCCNC2=O)cc1OC. The summed E-state index contributed by atoms with van der Waals surface area (Å²) in [5.74, 6) is 1.24. The van der Waals surface area contributed by atoms with Gasteiger partial charge >= 0.3 is 0 Å². The fourth-order valence-electron chi connectivity index (χ4n) is 2.53. The molecule has 1 aliphatic heterocycles. The second-order valence-electron chi connectivity index (χ2n) is 5.26. The number of nitrogens with one attached hydrogen (secondary N) is 2. The van der Waals surface area contributed by atoms with Crippen LogP contribution in [0.25, 0.3) is 0 Å². The Morgan fingerprint density at radius 3 is 2.95 bits per heavy atom. The Kier molecular flexibility index (Phi) is 6.34. The van der Waals surface area contributed by atoms with E-state index in [1.807, 2.05) is 19.1 Å². The molecule has 1 amide bonds. The molecular weight excluding hydrogens is 304 g/mol. The molecule has 0 spiro atoms. The molecule has 0 bridgehead atoms. The maximum atomic E-state index is 11.9. The fraction of sp³-hybridized carbons (Fsp3) is 0.562. The lowest BCUT2D eigenvalue weighted by Gasteiger charge is -2.17. The van der Waals surface area contributed by atoms with Gasteiger partial charge in [-0.05, 0) is 43.9 Å². The lowest BCUT2D eigenvalue weighted by molar-refractivity contribution is -0.122. The summed E-state index contributed by atoms with van der Waals surface area (Å²) in [7, 11) is 1.59. The number of rotatable bonds is 6. The number of hydrogen-bond acceptors (Lipinski definition) is 4. The van der Waals surface area contributed by atoms with Gasteiger partial charge in [0.15, 0.2) is 11.5 Å². The summed E-state index contributed by atoms with van der Waals surface area (Å²) >= 11 is 6.26. The van der Waals surface area contributed by atoms with Gasteiger partial charge < -0.3 is 20.1 Å². The number of hydrogen-bond donors (Lipinski definition) is 2. The summed E-state index contributed by atoms with van der Waals surface area (Å²) in [4.78, 5) is 11.9. The number of carbonyl (C=O) groups is 1. The highest BCUT2D eigenvalue weighted by atomic mass is 35.5. The predicted octanol–water partition coefficient (Wildman–Crippen LogP) is 2.51. The van der Waals surface area contributed by atoms with E-state index in [9.17, 15) is 4.79 Å². The molecule has 1 unspecified atom stereocenters. The van der Waals surface area contributed by atoms with Gasteiger partial charge in [-0.3, -0.25) is 4.79 Å². The summed E-state index contributed by atoms with van der Waals surface area (Å²) in [5.41, 5.74) is 0.961. The first-order valence-corrected chi connectivity index (χ1v) is 8.03. The van der Waals surface area contributed by atoms with E-state index in [0.717, 1.165) is 31.4 Å². The number of methoxy groups -OCH3 is 1. The number of carbonyl (C=O) groups excluding carboxylic acids is 1. The zero-order chi connectivity index (χ0) is 15.9. The van der Waals surface area contributed by atoms with Gasteiger partial charge in [-0.1, -0.05) is 11.6 Å². The largest absolute Gasteiger partial charge is 0.493 e. The quantitative estimate of drug-likeness (QED) is 0.843. The van der Waals surface area contributed by atoms with Crippen molar-refractivity contribution in [2.24, 2.45) is 0 Å². The van der Waals surface area contributed by atoms with E-state index in [2.05, 4.69) is 10.6 Å². The molecule has 122 valence electrons. The molecule has 5 nitrogen and oxygen atoms in total. The van der Waals surface area contributed by atoms with Crippen LogP contribution in [-0.4, -0.2) is 32.2 Å². The van der Waals surface area contributed by atoms with Gasteiger partial charge in [-0.2, -0.15) is 0 Å². The highest BCUT2D eigenvalue weighted by Gasteiger charge is 2.20. The van der Waals surface area contributed by atoms with Crippen molar-refractivity contribution in [3.05, 3.63) is 22.7 Å². The van der Waals surface area contributed by atoms with Crippen molar-refractivity contribution in [1.82, 2.24) is 10.6 Å². The van der Waals surface area contributed by atoms with Crippen molar-refractivity contribution < 1.29 is 14.3 Å². The lowest BCUT2D eigenvalue weighted by atomic mass is 10.1. The van der Waals surface area contributed by atoms with Crippen LogP contribution >= 0.6 is 11.6 Å². The van der Waals surface area contributed by atoms with E-state index in [1.165, 1.54) is 0 Å². The van der Waals surface area contributed by atoms with E-state index in [0.29, 0.717) is 29.7 Å². The Hall–Kier alpha value is -1.46. The van der Waals surface area contributed by atoms with Crippen LogP contribution in [0.15, 0.2) is 12.1 Å². The summed E-state index contributed by atoms with van der Waals surface area (Å²) < 4.78 is 10.8. The molecule has 0 saturated carbocycles. The number of benzene rings is 1. The van der Waals surface area contributed by atoms with E-state index in [-0.39, 0.29) is 11.9 Å². The summed E-state index contributed by atoms with van der Waals surface area (Å²) in [6.07, 6.45) is 2.93. The number of halogens is 1. The molecule has 1 aromatic carbocycles. The van der Waals surface area contributed by atoms with Crippen LogP contribution < -0.4 is 20.1 Å². The zero-order valence-corrected chi connectivity index (χ0v) is 13.8. The van der Waals surface area contributed by atoms with Gasteiger partial charge in [-0.15, -0.1) is 0 Å². The smallest absolute Gasteiger partial charge is 0.237 e. The molecule has 2 N–H and O–H groups in total. The molecule has 2 rings (SSSR count). The van der Waals surface area contributed by atoms with Crippen molar-refractivity contribution in [2.75, 3.05) is 20.3 Å². The van der Waals surface area contributed by atoms with Crippen molar-refractivity contribution >= 4 is 17.5 Å². The molecular formula is C16H23ClN2O3. The van der Waals surface area contributed by atoms with Crippen LogP contribution in [0.5, 0.6) is 11.5 Å². The van der Waals surface area contributed by atoms with Gasteiger partial charge in [0, 0.05) is 13.1 Å². The van der Waals surface area contributed by atoms with Crippen molar-refractivity contribution in [3.8, 4) is 11.5 Å². The van der Waals surface area contributed by atoms with Crippen LogP contribution in [0.3, 0.4) is 0 Å². The van der Waals surface area contributed by atoms with E-state index < -0.39 is 0 Å². The zero-order valence-electron chi connectivity index (χ0n) is 13.1. The normalized spacial score (nSPS) is 18.5. The van der Waals surface area contributed by atoms with Crippen LogP contribution in [0.1, 0.15) is 31.7 Å². The molecule has 1 heterocycles. The highest BCUT2D eigenvalue weighted by molar-refractivity contribution is 6.32. The molecule has 0 aliphatic carbocycles. The third kappa shape index (κ3) is 4.27. The average Bonchev–Trinajstić information content (AvgIpc) is 2.72. The first-order chi connectivity index (χ1) is 10.7. The van der Waals surface area contributed by atoms with Crippen LogP contribution in [0.4, 0.5) is 0 Å². The van der Waals surface area contributed by atoms with Crippen LogP contribution in [-0.2, 0) is 11.3 Å². The van der Waals surface area contributed by atoms with Crippen molar-refractivity contribution in [2.45, 2.75) is 38.8 Å². The molecule has 1 saturated heterocycles. The lowest BCUT2D eigenvalue weighted by Crippen LogP contribution is -2.42. The van der Waals surface area contributed by atoms with Gasteiger partial charge in [-0.25, -0.2) is 0 Å². The predicted molar refractivity (Wildman–Crippen MR) is 86.7 cm³/mol. The standard InChI is InChI=1S/C16H23ClN2O3/c1-3-22-15-12(17)8-11(9-14(15)21-2)10-19-13-6-4-5-7-18-16(13)20/h8-9,13,19H,3-7,10H2,1-2H3,(H,18,20). The van der Waals surface area contributed by atoms with Gasteiger partial charge in [0.1, 0.15) is 0 Å². The third-order valence-corrected chi connectivity index (χ3v) is 3.95. The second kappa shape index (κ2) is 8.25. The molecule has 6 heteroatoms. The first-order valence-electron chi connectivity index (χ1n) is 7.66. The summed E-state index contributed by atoms with van der Waals surface area (Å²) in [6.45, 7) is 3.74. The van der Waals surface area contributed by atoms with Crippen LogP contribution in [0, 0.1) is 0 Å². The van der Waals surface area contributed by atoms with Crippen molar-refractivity contribution in [1.29, 1.82) is 0 Å². The Bertz CT molecular complexity index is 522. The minimum Gasteiger partial charge on any atom is -0.493 e. The van der Waals surface area contributed by atoms with Gasteiger partial charge in [0.05, 0.1) is 24.8 Å². The summed E-state index contributed by atoms with van der Waals surface area (Å²) in [6, 6.07) is 3.58. The van der Waals surface area contributed by atoms with Gasteiger partial charge in [0.25, 0.3) is 0 Å². The molecule has 1 fully saturated rings. The Labute approximate surface area is 136 Å². The fourth-order valence-corrected chi connectivity index (χ4v) is 2.82. The molecule has 1 atom stereocenters. The number of ether oxygens (including phenoxy) is 2. The van der Waals surface area contributed by atoms with Crippen LogP contribution in [0.2, 0.25) is 5.02 Å². The average molecular weight is 327 g/mol. The van der Waals surface area contributed by atoms with E-state index in [4.69, 9.17) is 21.1 Å². The summed E-state index contributed by atoms with van der Waals surface area (Å²) in [5, 5.41) is 6.73. The number of amides is 1. The Morgan fingerprint density at radius 2 is 2.23 bits per heavy atom. The maximum Gasteiger partial charge on any atom is 0.237 e. The highest BCUT2D eigenvalue weighted by Crippen LogP contribution is 2.36. The molecule has 1 aromatic rings. The molecule has 1 aliphatic rings. The third-order valence-electron chi connectivity index (χ3n) is 3.67. The molecule has 22 heavy (non-hydrogen) atoms. The van der Waals surface area contributed by atoms with Gasteiger partial charge in [0.2, 0.25) is 5.91 Å². The molecule has 0 aromatic heterocycles.